The van der Waals surface area contributed by atoms with Gasteiger partial charge in [-0.3, -0.25) is 4.79 Å². The number of benzene rings is 1. The number of nitrogens with zero attached hydrogens (tertiary/aromatic N) is 1. The van der Waals surface area contributed by atoms with E-state index in [-0.39, 0.29) is 41.8 Å². The highest BCUT2D eigenvalue weighted by Crippen LogP contribution is 2.56. The second-order valence-corrected chi connectivity index (χ2v) is 8.04. The first kappa shape index (κ1) is 20.9. The van der Waals surface area contributed by atoms with Crippen LogP contribution in [0.2, 0.25) is 5.82 Å². The number of ether oxygens (including phenoxy) is 2. The zero-order valence-electron chi connectivity index (χ0n) is 16.4. The number of hydrogen-bond donors (Lipinski definition) is 5. The number of phenols is 1. The molecule has 162 valence electrons. The van der Waals surface area contributed by atoms with Crippen LogP contribution in [-0.2, 0) is 9.53 Å². The Labute approximate surface area is 173 Å². The monoisotopic (exact) mass is 420 g/mol. The SMILES string of the molecule is O=C(O)c1c(OC2CN(C(=O)C[C@H]3CNCCO3)C2)ccc([C@H]2C[C@H]2B(O)O)c1O. The van der Waals surface area contributed by atoms with Gasteiger partial charge >= 0.3 is 13.1 Å². The van der Waals surface area contributed by atoms with Crippen LogP contribution in [0.4, 0.5) is 0 Å². The Morgan fingerprint density at radius 2 is 2.07 bits per heavy atom. The quantitative estimate of drug-likeness (QED) is 0.364. The van der Waals surface area contributed by atoms with E-state index in [4.69, 9.17) is 9.47 Å². The summed E-state index contributed by atoms with van der Waals surface area (Å²) in [6.45, 7) is 2.68. The molecule has 0 spiro atoms. The summed E-state index contributed by atoms with van der Waals surface area (Å²) in [5.74, 6) is -2.48. The van der Waals surface area contributed by atoms with Gasteiger partial charge in [-0.05, 0) is 24.0 Å². The van der Waals surface area contributed by atoms with Gasteiger partial charge in [0.25, 0.3) is 0 Å². The van der Waals surface area contributed by atoms with Crippen molar-refractivity contribution in [3.05, 3.63) is 23.3 Å². The van der Waals surface area contributed by atoms with E-state index in [0.717, 1.165) is 6.54 Å². The molecule has 3 fully saturated rings. The van der Waals surface area contributed by atoms with Crippen LogP contribution in [0.25, 0.3) is 0 Å². The second-order valence-electron chi connectivity index (χ2n) is 8.04. The lowest BCUT2D eigenvalue weighted by atomic mass is 9.81. The summed E-state index contributed by atoms with van der Waals surface area (Å²) in [6, 6.07) is 3.03. The van der Waals surface area contributed by atoms with Crippen LogP contribution in [0.5, 0.6) is 11.5 Å². The number of amides is 1. The molecule has 0 bridgehead atoms. The van der Waals surface area contributed by atoms with Crippen molar-refractivity contribution < 1.29 is 39.3 Å². The van der Waals surface area contributed by atoms with E-state index in [1.807, 2.05) is 0 Å². The molecule has 2 heterocycles. The predicted octanol–water partition coefficient (Wildman–Crippen LogP) is -0.611. The molecule has 0 unspecified atom stereocenters. The molecular weight excluding hydrogens is 395 g/mol. The number of aromatic carboxylic acids is 1. The summed E-state index contributed by atoms with van der Waals surface area (Å²) in [7, 11) is -1.51. The first-order valence-corrected chi connectivity index (χ1v) is 10.1. The van der Waals surface area contributed by atoms with Crippen LogP contribution in [-0.4, -0.2) is 89.1 Å². The fraction of sp³-hybridized carbons (Fsp3) is 0.579. The lowest BCUT2D eigenvalue weighted by molar-refractivity contribution is -0.143. The van der Waals surface area contributed by atoms with Crippen LogP contribution in [0.15, 0.2) is 12.1 Å². The van der Waals surface area contributed by atoms with Gasteiger partial charge in [0.05, 0.1) is 32.2 Å². The molecule has 0 aromatic heterocycles. The fourth-order valence-corrected chi connectivity index (χ4v) is 4.07. The Kier molecular flexibility index (Phi) is 5.87. The van der Waals surface area contributed by atoms with Gasteiger partial charge in [0.2, 0.25) is 5.91 Å². The van der Waals surface area contributed by atoms with E-state index < -0.39 is 24.7 Å². The first-order valence-electron chi connectivity index (χ1n) is 10.1. The van der Waals surface area contributed by atoms with Gasteiger partial charge < -0.3 is 40.0 Å². The topological polar surface area (TPSA) is 149 Å². The smallest absolute Gasteiger partial charge is 0.455 e. The highest BCUT2D eigenvalue weighted by atomic mass is 16.5. The third-order valence-electron chi connectivity index (χ3n) is 5.91. The minimum absolute atomic E-state index is 0.0300. The molecule has 3 atom stereocenters. The van der Waals surface area contributed by atoms with E-state index in [0.29, 0.717) is 38.2 Å². The van der Waals surface area contributed by atoms with E-state index in [9.17, 15) is 29.9 Å². The number of rotatable bonds is 7. The van der Waals surface area contributed by atoms with Crippen molar-refractivity contribution in [1.29, 1.82) is 0 Å². The van der Waals surface area contributed by atoms with Crippen molar-refractivity contribution in [3.63, 3.8) is 0 Å². The number of carbonyl (C=O) groups excluding carboxylic acids is 1. The molecule has 11 heteroatoms. The average Bonchev–Trinajstić information content (AvgIpc) is 3.45. The number of aromatic hydroxyl groups is 1. The normalized spacial score (nSPS) is 26.1. The van der Waals surface area contributed by atoms with Gasteiger partial charge in [-0.15, -0.1) is 0 Å². The van der Waals surface area contributed by atoms with Gasteiger partial charge in [-0.2, -0.15) is 0 Å². The lowest BCUT2D eigenvalue weighted by Gasteiger charge is -2.40. The van der Waals surface area contributed by atoms with Crippen molar-refractivity contribution in [3.8, 4) is 11.5 Å². The molecule has 0 radical (unpaired) electrons. The maximum absolute atomic E-state index is 12.3. The number of morpholine rings is 1. The average molecular weight is 420 g/mol. The standard InChI is InChI=1S/C19H25BN2O8/c23-16(5-10-7-21-3-4-29-10)22-8-11(9-22)30-15-2-1-12(13-6-14(13)20(27)28)18(24)17(15)19(25)26/h1-2,10-11,13-14,21,24,27-28H,3-9H2,(H,25,26)/t10-,13+,14+/m0/s1. The summed E-state index contributed by atoms with van der Waals surface area (Å²) in [6.07, 6.45) is 0.243. The Balaban J connectivity index is 1.36. The molecule has 1 aromatic rings. The second kappa shape index (κ2) is 8.42. The molecule has 30 heavy (non-hydrogen) atoms. The van der Waals surface area contributed by atoms with Gasteiger partial charge in [0.15, 0.2) is 0 Å². The van der Waals surface area contributed by atoms with E-state index >= 15 is 0 Å². The van der Waals surface area contributed by atoms with E-state index in [1.165, 1.54) is 6.07 Å². The summed E-state index contributed by atoms with van der Waals surface area (Å²) >= 11 is 0. The minimum atomic E-state index is -1.51. The van der Waals surface area contributed by atoms with Crippen molar-refractivity contribution in [2.24, 2.45) is 0 Å². The number of carboxylic acids is 1. The number of hydrogen-bond acceptors (Lipinski definition) is 8. The molecule has 3 aliphatic rings. The Hall–Kier alpha value is -2.34. The molecule has 2 aliphatic heterocycles. The Morgan fingerprint density at radius 3 is 2.67 bits per heavy atom. The first-order chi connectivity index (χ1) is 14.3. The zero-order chi connectivity index (χ0) is 21.4. The molecule has 5 N–H and O–H groups in total. The van der Waals surface area contributed by atoms with E-state index in [1.54, 1.807) is 11.0 Å². The highest BCUT2D eigenvalue weighted by molar-refractivity contribution is 6.44. The molecule has 4 rings (SSSR count). The molecule has 1 amide bonds. The summed E-state index contributed by atoms with van der Waals surface area (Å²) in [5.41, 5.74) is 0.0152. The number of likely N-dealkylation sites (tertiary alicyclic amines) is 1. The maximum atomic E-state index is 12.3. The molecule has 10 nitrogen and oxygen atoms in total. The third kappa shape index (κ3) is 4.24. The predicted molar refractivity (Wildman–Crippen MR) is 105 cm³/mol. The van der Waals surface area contributed by atoms with Crippen LogP contribution >= 0.6 is 0 Å². The van der Waals surface area contributed by atoms with Crippen LogP contribution < -0.4 is 10.1 Å². The number of carbonyl (C=O) groups is 2. The number of nitrogens with one attached hydrogen (secondary N) is 1. The van der Waals surface area contributed by atoms with Crippen LogP contribution in [0.1, 0.15) is 34.7 Å². The summed E-state index contributed by atoms with van der Waals surface area (Å²) < 4.78 is 11.3. The Morgan fingerprint density at radius 1 is 1.30 bits per heavy atom. The Bertz CT molecular complexity index is 823. The van der Waals surface area contributed by atoms with Gasteiger partial charge in [0.1, 0.15) is 23.2 Å². The van der Waals surface area contributed by atoms with Crippen molar-refractivity contribution >= 4 is 19.0 Å². The molecule has 1 saturated carbocycles. The minimum Gasteiger partial charge on any atom is -0.507 e. The largest absolute Gasteiger partial charge is 0.507 e. The third-order valence-corrected chi connectivity index (χ3v) is 5.91. The molecule has 2 saturated heterocycles. The van der Waals surface area contributed by atoms with E-state index in [2.05, 4.69) is 5.32 Å². The number of carboxylic acid groups (broad SMARTS) is 1. The van der Waals surface area contributed by atoms with Crippen molar-refractivity contribution in [2.45, 2.75) is 36.8 Å². The van der Waals surface area contributed by atoms with Gasteiger partial charge in [-0.1, -0.05) is 6.07 Å². The van der Waals surface area contributed by atoms with Gasteiger partial charge in [0, 0.05) is 18.9 Å². The van der Waals surface area contributed by atoms with Crippen LogP contribution in [0.3, 0.4) is 0 Å². The van der Waals surface area contributed by atoms with Crippen LogP contribution in [0, 0.1) is 0 Å². The maximum Gasteiger partial charge on any atom is 0.455 e. The van der Waals surface area contributed by atoms with Crippen molar-refractivity contribution in [1.82, 2.24) is 10.2 Å². The summed E-state index contributed by atoms with van der Waals surface area (Å²) in [4.78, 5) is 25.7. The lowest BCUT2D eigenvalue weighted by Crippen LogP contribution is -2.57. The highest BCUT2D eigenvalue weighted by Gasteiger charge is 2.48. The molecule has 1 aromatic carbocycles. The molecular formula is C19H25BN2O8. The summed E-state index contributed by atoms with van der Waals surface area (Å²) in [5, 5.41) is 41.7. The molecule has 1 aliphatic carbocycles. The van der Waals surface area contributed by atoms with Crippen molar-refractivity contribution in [2.75, 3.05) is 32.8 Å². The van der Waals surface area contributed by atoms with Gasteiger partial charge in [-0.25, -0.2) is 4.79 Å². The fourth-order valence-electron chi connectivity index (χ4n) is 4.07. The zero-order valence-corrected chi connectivity index (χ0v) is 16.4.